The molecule has 0 fully saturated rings. The van der Waals surface area contributed by atoms with Crippen molar-refractivity contribution in [1.29, 1.82) is 0 Å². The summed E-state index contributed by atoms with van der Waals surface area (Å²) in [5, 5.41) is 6.60. The first kappa shape index (κ1) is 17.9. The fourth-order valence-corrected chi connectivity index (χ4v) is 2.74. The lowest BCUT2D eigenvalue weighted by molar-refractivity contribution is -0.119. The third-order valence-corrected chi connectivity index (χ3v) is 4.29. The molecule has 0 saturated heterocycles. The maximum atomic E-state index is 12.4. The molecule has 1 heterocycles. The summed E-state index contributed by atoms with van der Waals surface area (Å²) in [5.74, 6) is -0.773. The predicted octanol–water partition coefficient (Wildman–Crippen LogP) is 4.21. The Morgan fingerprint density at radius 2 is 1.81 bits per heavy atom. The topological polar surface area (TPSA) is 81.4 Å². The summed E-state index contributed by atoms with van der Waals surface area (Å²) in [6, 6.07) is 16.3. The molecular weight excluding hydrogens is 400 g/mol. The van der Waals surface area contributed by atoms with E-state index in [4.69, 9.17) is 9.26 Å². The molecule has 1 N–H and O–H groups in total. The van der Waals surface area contributed by atoms with E-state index in [0.717, 1.165) is 10.0 Å². The zero-order chi connectivity index (χ0) is 18.5. The molecule has 0 radical (unpaired) electrons. The average molecular weight is 415 g/mol. The number of para-hydroxylation sites is 1. The molecule has 0 aliphatic rings. The molecule has 0 spiro atoms. The van der Waals surface area contributed by atoms with E-state index in [1.807, 2.05) is 36.4 Å². The van der Waals surface area contributed by atoms with Crippen molar-refractivity contribution < 1.29 is 18.8 Å². The van der Waals surface area contributed by atoms with Crippen molar-refractivity contribution in [3.05, 3.63) is 70.4 Å². The van der Waals surface area contributed by atoms with Crippen molar-refractivity contribution in [2.75, 3.05) is 11.9 Å². The number of halogens is 1. The molecule has 3 rings (SSSR count). The van der Waals surface area contributed by atoms with E-state index in [-0.39, 0.29) is 5.56 Å². The van der Waals surface area contributed by atoms with E-state index in [9.17, 15) is 9.59 Å². The Hall–Kier alpha value is -2.93. The largest absolute Gasteiger partial charge is 0.452 e. The predicted molar refractivity (Wildman–Crippen MR) is 99.7 cm³/mol. The number of hydrogen-bond acceptors (Lipinski definition) is 5. The average Bonchev–Trinajstić information content (AvgIpc) is 3.04. The number of anilines is 1. The second-order valence-electron chi connectivity index (χ2n) is 5.43. The van der Waals surface area contributed by atoms with Gasteiger partial charge in [-0.3, -0.25) is 4.79 Å². The number of carbonyl (C=O) groups is 2. The van der Waals surface area contributed by atoms with Gasteiger partial charge in [-0.15, -0.1) is 0 Å². The summed E-state index contributed by atoms with van der Waals surface area (Å²) in [6.45, 7) is 1.20. The molecule has 0 bridgehead atoms. The van der Waals surface area contributed by atoms with Gasteiger partial charge in [0, 0.05) is 10.0 Å². The van der Waals surface area contributed by atoms with Crippen molar-refractivity contribution in [2.24, 2.45) is 0 Å². The van der Waals surface area contributed by atoms with Crippen LogP contribution in [0.15, 0.2) is 63.6 Å². The van der Waals surface area contributed by atoms with E-state index >= 15 is 0 Å². The number of rotatable bonds is 5. The highest BCUT2D eigenvalue weighted by atomic mass is 79.9. The van der Waals surface area contributed by atoms with Crippen molar-refractivity contribution in [3.63, 3.8) is 0 Å². The highest BCUT2D eigenvalue weighted by Gasteiger charge is 2.23. The van der Waals surface area contributed by atoms with Crippen LogP contribution in [0.4, 0.5) is 5.69 Å². The van der Waals surface area contributed by atoms with Crippen LogP contribution in [0.5, 0.6) is 0 Å². The molecule has 2 aromatic carbocycles. The summed E-state index contributed by atoms with van der Waals surface area (Å²) in [5.41, 5.74) is 1.93. The minimum absolute atomic E-state index is 0.213. The van der Waals surface area contributed by atoms with Crippen molar-refractivity contribution in [1.82, 2.24) is 5.16 Å². The van der Waals surface area contributed by atoms with E-state index in [2.05, 4.69) is 26.4 Å². The number of amides is 1. The first-order valence-corrected chi connectivity index (χ1v) is 8.58. The number of aromatic nitrogens is 1. The maximum absolute atomic E-state index is 12.4. The smallest absolute Gasteiger partial charge is 0.344 e. The lowest BCUT2D eigenvalue weighted by atomic mass is 10.1. The summed E-state index contributed by atoms with van der Waals surface area (Å²) < 4.78 is 11.0. The molecule has 0 unspecified atom stereocenters. The Morgan fingerprint density at radius 3 is 2.54 bits per heavy atom. The number of benzene rings is 2. The number of hydrogen-bond donors (Lipinski definition) is 1. The third-order valence-electron chi connectivity index (χ3n) is 3.60. The van der Waals surface area contributed by atoms with Crippen molar-refractivity contribution >= 4 is 33.5 Å². The van der Waals surface area contributed by atoms with Gasteiger partial charge in [0.25, 0.3) is 5.91 Å². The van der Waals surface area contributed by atoms with Gasteiger partial charge in [0.15, 0.2) is 6.61 Å². The lowest BCUT2D eigenvalue weighted by Gasteiger charge is -2.08. The van der Waals surface area contributed by atoms with Crippen LogP contribution in [0.1, 0.15) is 16.1 Å². The van der Waals surface area contributed by atoms with Crippen LogP contribution in [0.3, 0.4) is 0 Å². The van der Waals surface area contributed by atoms with E-state index in [1.165, 1.54) is 0 Å². The van der Waals surface area contributed by atoms with Crippen molar-refractivity contribution in [2.45, 2.75) is 6.92 Å². The standard InChI is InChI=1S/C19H15BrN2O4/c1-12-17(18(22-26-12)13-7-3-2-4-8-13)19(24)25-11-16(23)21-15-10-6-5-9-14(15)20/h2-10H,11H2,1H3,(H,21,23). The Labute approximate surface area is 158 Å². The fraction of sp³-hybridized carbons (Fsp3) is 0.105. The van der Waals surface area contributed by atoms with Crippen LogP contribution in [-0.2, 0) is 9.53 Å². The Balaban J connectivity index is 1.69. The number of esters is 1. The molecule has 1 aromatic heterocycles. The Kier molecular flexibility index (Phi) is 5.48. The number of ether oxygens (including phenoxy) is 1. The lowest BCUT2D eigenvalue weighted by Crippen LogP contribution is -2.21. The van der Waals surface area contributed by atoms with Crippen LogP contribution in [-0.4, -0.2) is 23.6 Å². The van der Waals surface area contributed by atoms with Gasteiger partial charge >= 0.3 is 5.97 Å². The third kappa shape index (κ3) is 4.00. The van der Waals surface area contributed by atoms with Gasteiger partial charge in [-0.05, 0) is 35.0 Å². The zero-order valence-electron chi connectivity index (χ0n) is 13.9. The Bertz CT molecular complexity index is 938. The summed E-state index contributed by atoms with van der Waals surface area (Å²) in [6.07, 6.45) is 0. The number of aryl methyl sites for hydroxylation is 1. The molecule has 3 aromatic rings. The van der Waals surface area contributed by atoms with Gasteiger partial charge in [0.1, 0.15) is 17.0 Å². The molecule has 132 valence electrons. The highest BCUT2D eigenvalue weighted by Crippen LogP contribution is 2.26. The maximum Gasteiger partial charge on any atom is 0.344 e. The molecule has 26 heavy (non-hydrogen) atoms. The van der Waals surface area contributed by atoms with Crippen molar-refractivity contribution in [3.8, 4) is 11.3 Å². The summed E-state index contributed by atoms with van der Waals surface area (Å²) >= 11 is 3.34. The molecule has 0 saturated carbocycles. The van der Waals surface area contributed by atoms with Crippen LogP contribution in [0.2, 0.25) is 0 Å². The highest BCUT2D eigenvalue weighted by molar-refractivity contribution is 9.10. The molecule has 1 amide bonds. The molecule has 0 aliphatic carbocycles. The second-order valence-corrected chi connectivity index (χ2v) is 6.29. The fourth-order valence-electron chi connectivity index (χ4n) is 2.36. The summed E-state index contributed by atoms with van der Waals surface area (Å²) in [7, 11) is 0. The normalized spacial score (nSPS) is 10.4. The SMILES string of the molecule is Cc1onc(-c2ccccc2)c1C(=O)OCC(=O)Nc1ccccc1Br. The molecule has 7 heteroatoms. The van der Waals surface area contributed by atoms with Gasteiger partial charge in [0.05, 0.1) is 5.69 Å². The Morgan fingerprint density at radius 1 is 1.12 bits per heavy atom. The quantitative estimate of drug-likeness (QED) is 0.632. The summed E-state index contributed by atoms with van der Waals surface area (Å²) in [4.78, 5) is 24.5. The number of nitrogens with one attached hydrogen (secondary N) is 1. The first-order valence-electron chi connectivity index (χ1n) is 7.79. The minimum Gasteiger partial charge on any atom is -0.452 e. The van der Waals surface area contributed by atoms with E-state index in [0.29, 0.717) is 17.1 Å². The minimum atomic E-state index is -0.662. The van der Waals surface area contributed by atoms with E-state index in [1.54, 1.807) is 25.1 Å². The first-order chi connectivity index (χ1) is 12.6. The van der Waals surface area contributed by atoms with Gasteiger partial charge < -0.3 is 14.6 Å². The van der Waals surface area contributed by atoms with Crippen LogP contribution < -0.4 is 5.32 Å². The van der Waals surface area contributed by atoms with Gasteiger partial charge in [-0.2, -0.15) is 0 Å². The molecule has 0 aliphatic heterocycles. The van der Waals surface area contributed by atoms with Crippen LogP contribution in [0, 0.1) is 6.92 Å². The van der Waals surface area contributed by atoms with Gasteiger partial charge in [-0.1, -0.05) is 47.6 Å². The molecule has 0 atom stereocenters. The van der Waals surface area contributed by atoms with Crippen LogP contribution in [0.25, 0.3) is 11.3 Å². The molecular formula is C19H15BrN2O4. The van der Waals surface area contributed by atoms with Gasteiger partial charge in [0.2, 0.25) is 0 Å². The van der Waals surface area contributed by atoms with Gasteiger partial charge in [-0.25, -0.2) is 4.79 Å². The number of carbonyl (C=O) groups excluding carboxylic acids is 2. The zero-order valence-corrected chi connectivity index (χ0v) is 15.4. The second kappa shape index (κ2) is 7.97. The molecule has 6 nitrogen and oxygen atoms in total. The van der Waals surface area contributed by atoms with E-state index < -0.39 is 18.5 Å². The number of nitrogens with zero attached hydrogens (tertiary/aromatic N) is 1. The van der Waals surface area contributed by atoms with Crippen LogP contribution >= 0.6 is 15.9 Å². The monoisotopic (exact) mass is 414 g/mol.